The van der Waals surface area contributed by atoms with E-state index in [1.807, 2.05) is 24.3 Å². The molecule has 1 aromatic heterocycles. The highest BCUT2D eigenvalue weighted by Gasteiger charge is 1.98. The van der Waals surface area contributed by atoms with Gasteiger partial charge in [0.25, 0.3) is 5.56 Å². The van der Waals surface area contributed by atoms with Crippen molar-refractivity contribution >= 4 is 17.3 Å². The van der Waals surface area contributed by atoms with E-state index in [1.54, 1.807) is 16.8 Å². The molecule has 0 aliphatic carbocycles. The maximum absolute atomic E-state index is 11.5. The summed E-state index contributed by atoms with van der Waals surface area (Å²) >= 11 is 5.83. The van der Waals surface area contributed by atoms with Gasteiger partial charge in [-0.3, -0.25) is 4.79 Å². The van der Waals surface area contributed by atoms with E-state index in [4.69, 9.17) is 17.3 Å². The van der Waals surface area contributed by atoms with Crippen LogP contribution in [-0.4, -0.2) is 4.57 Å². The number of pyridine rings is 1. The monoisotopic (exact) mass is 234 g/mol. The first-order valence-corrected chi connectivity index (χ1v) is 5.23. The van der Waals surface area contributed by atoms with Gasteiger partial charge in [0, 0.05) is 18.0 Å². The van der Waals surface area contributed by atoms with E-state index in [1.165, 1.54) is 6.07 Å². The molecule has 4 heteroatoms. The summed E-state index contributed by atoms with van der Waals surface area (Å²) in [5.74, 6) is 0. The topological polar surface area (TPSA) is 48.0 Å². The van der Waals surface area contributed by atoms with E-state index in [0.29, 0.717) is 17.3 Å². The van der Waals surface area contributed by atoms with Crippen molar-refractivity contribution in [3.05, 3.63) is 63.5 Å². The molecule has 0 saturated heterocycles. The van der Waals surface area contributed by atoms with Crippen molar-refractivity contribution in [3.8, 4) is 0 Å². The molecular formula is C12H11ClN2O. The molecule has 16 heavy (non-hydrogen) atoms. The van der Waals surface area contributed by atoms with E-state index in [2.05, 4.69) is 0 Å². The van der Waals surface area contributed by atoms with Crippen LogP contribution in [-0.2, 0) is 6.54 Å². The summed E-state index contributed by atoms with van der Waals surface area (Å²) in [6.45, 7) is 0.500. The second-order valence-electron chi connectivity index (χ2n) is 3.56. The lowest BCUT2D eigenvalue weighted by molar-refractivity contribution is 0.760. The van der Waals surface area contributed by atoms with Crippen LogP contribution < -0.4 is 11.3 Å². The molecule has 2 N–H and O–H groups in total. The number of hydrogen-bond donors (Lipinski definition) is 1. The van der Waals surface area contributed by atoms with Crippen molar-refractivity contribution in [2.24, 2.45) is 0 Å². The van der Waals surface area contributed by atoms with Crippen molar-refractivity contribution in [3.63, 3.8) is 0 Å². The Morgan fingerprint density at radius 1 is 1.12 bits per heavy atom. The lowest BCUT2D eigenvalue weighted by Crippen LogP contribution is -2.18. The van der Waals surface area contributed by atoms with Crippen LogP contribution >= 0.6 is 11.6 Å². The van der Waals surface area contributed by atoms with Crippen LogP contribution in [0.4, 0.5) is 5.69 Å². The number of anilines is 1. The fraction of sp³-hybridized carbons (Fsp3) is 0.0833. The Kier molecular flexibility index (Phi) is 2.97. The fourth-order valence-corrected chi connectivity index (χ4v) is 1.63. The molecule has 0 unspecified atom stereocenters. The lowest BCUT2D eigenvalue weighted by Gasteiger charge is -2.06. The predicted molar refractivity (Wildman–Crippen MR) is 65.7 cm³/mol. The summed E-state index contributed by atoms with van der Waals surface area (Å²) < 4.78 is 1.56. The molecule has 0 saturated carbocycles. The molecule has 82 valence electrons. The largest absolute Gasteiger partial charge is 0.399 e. The summed E-state index contributed by atoms with van der Waals surface area (Å²) in [5.41, 5.74) is 7.24. The molecule has 3 nitrogen and oxygen atoms in total. The minimum atomic E-state index is -0.0683. The van der Waals surface area contributed by atoms with Crippen LogP contribution in [0.5, 0.6) is 0 Å². The Morgan fingerprint density at radius 2 is 1.81 bits per heavy atom. The maximum Gasteiger partial charge on any atom is 0.250 e. The molecule has 0 spiro atoms. The lowest BCUT2D eigenvalue weighted by atomic mass is 10.2. The molecule has 1 heterocycles. The Hall–Kier alpha value is -1.74. The molecular weight excluding hydrogens is 224 g/mol. The zero-order chi connectivity index (χ0) is 11.5. The van der Waals surface area contributed by atoms with Gasteiger partial charge in [0.15, 0.2) is 0 Å². The van der Waals surface area contributed by atoms with Gasteiger partial charge < -0.3 is 10.3 Å². The zero-order valence-electron chi connectivity index (χ0n) is 8.56. The minimum Gasteiger partial charge on any atom is -0.399 e. The number of aromatic nitrogens is 1. The Balaban J connectivity index is 2.30. The number of rotatable bonds is 2. The molecule has 0 aliphatic heterocycles. The van der Waals surface area contributed by atoms with Crippen molar-refractivity contribution in [2.45, 2.75) is 6.54 Å². The quantitative estimate of drug-likeness (QED) is 0.810. The van der Waals surface area contributed by atoms with E-state index < -0.39 is 0 Å². The van der Waals surface area contributed by atoms with Crippen molar-refractivity contribution < 1.29 is 0 Å². The van der Waals surface area contributed by atoms with Gasteiger partial charge in [0.05, 0.1) is 11.6 Å². The summed E-state index contributed by atoms with van der Waals surface area (Å²) in [6.07, 6.45) is 1.63. The van der Waals surface area contributed by atoms with Crippen molar-refractivity contribution in [1.29, 1.82) is 0 Å². The number of hydrogen-bond acceptors (Lipinski definition) is 2. The van der Waals surface area contributed by atoms with Crippen molar-refractivity contribution in [1.82, 2.24) is 4.57 Å². The van der Waals surface area contributed by atoms with Gasteiger partial charge in [-0.25, -0.2) is 0 Å². The first kappa shape index (κ1) is 10.8. The summed E-state index contributed by atoms with van der Waals surface area (Å²) in [6, 6.07) is 10.4. The molecule has 0 fully saturated rings. The van der Waals surface area contributed by atoms with Gasteiger partial charge in [-0.15, -0.1) is 0 Å². The third-order valence-electron chi connectivity index (χ3n) is 2.28. The number of nitrogen functional groups attached to an aromatic ring is 1. The minimum absolute atomic E-state index is 0.0683. The SMILES string of the molecule is Nc1ccc(Cn2cc(Cl)ccc2=O)cc1. The first-order valence-electron chi connectivity index (χ1n) is 4.85. The Morgan fingerprint density at radius 3 is 2.50 bits per heavy atom. The second kappa shape index (κ2) is 4.41. The Bertz CT molecular complexity index is 546. The smallest absolute Gasteiger partial charge is 0.250 e. The van der Waals surface area contributed by atoms with E-state index >= 15 is 0 Å². The highest BCUT2D eigenvalue weighted by Crippen LogP contribution is 2.08. The average Bonchev–Trinajstić information content (AvgIpc) is 2.27. The van der Waals surface area contributed by atoms with Gasteiger partial charge in [0.2, 0.25) is 0 Å². The highest BCUT2D eigenvalue weighted by atomic mass is 35.5. The van der Waals surface area contributed by atoms with Gasteiger partial charge in [-0.2, -0.15) is 0 Å². The van der Waals surface area contributed by atoms with E-state index in [9.17, 15) is 4.79 Å². The van der Waals surface area contributed by atoms with Crippen LogP contribution in [0, 0.1) is 0 Å². The third-order valence-corrected chi connectivity index (χ3v) is 2.50. The number of nitrogens with two attached hydrogens (primary N) is 1. The molecule has 2 rings (SSSR count). The third kappa shape index (κ3) is 2.44. The molecule has 0 atom stereocenters. The number of benzene rings is 1. The standard InChI is InChI=1S/C12H11ClN2O/c13-10-3-6-12(16)15(8-10)7-9-1-4-11(14)5-2-9/h1-6,8H,7,14H2. The molecule has 2 aromatic rings. The molecule has 0 radical (unpaired) electrons. The predicted octanol–water partition coefficient (Wildman–Crippen LogP) is 2.13. The van der Waals surface area contributed by atoms with Gasteiger partial charge in [0.1, 0.15) is 0 Å². The van der Waals surface area contributed by atoms with Crippen molar-refractivity contribution in [2.75, 3.05) is 5.73 Å². The zero-order valence-corrected chi connectivity index (χ0v) is 9.32. The normalized spacial score (nSPS) is 10.3. The molecule has 0 aliphatic rings. The van der Waals surface area contributed by atoms with E-state index in [0.717, 1.165) is 5.56 Å². The number of nitrogens with zero attached hydrogens (tertiary/aromatic N) is 1. The van der Waals surface area contributed by atoms with Gasteiger partial charge in [-0.1, -0.05) is 23.7 Å². The number of halogens is 1. The van der Waals surface area contributed by atoms with Crippen LogP contribution in [0.3, 0.4) is 0 Å². The van der Waals surface area contributed by atoms with Crippen LogP contribution in [0.2, 0.25) is 5.02 Å². The van der Waals surface area contributed by atoms with E-state index in [-0.39, 0.29) is 5.56 Å². The van der Waals surface area contributed by atoms with Gasteiger partial charge in [-0.05, 0) is 23.8 Å². The Labute approximate surface area is 98.1 Å². The van der Waals surface area contributed by atoms with Gasteiger partial charge >= 0.3 is 0 Å². The molecule has 0 amide bonds. The summed E-state index contributed by atoms with van der Waals surface area (Å²) in [5, 5.41) is 0.551. The summed E-state index contributed by atoms with van der Waals surface area (Å²) in [7, 11) is 0. The van der Waals surface area contributed by atoms with Crippen LogP contribution in [0.1, 0.15) is 5.56 Å². The highest BCUT2D eigenvalue weighted by molar-refractivity contribution is 6.30. The fourth-order valence-electron chi connectivity index (χ4n) is 1.45. The van der Waals surface area contributed by atoms with Crippen LogP contribution in [0.25, 0.3) is 0 Å². The average molecular weight is 235 g/mol. The maximum atomic E-state index is 11.5. The summed E-state index contributed by atoms with van der Waals surface area (Å²) in [4.78, 5) is 11.5. The molecule has 0 bridgehead atoms. The molecule has 1 aromatic carbocycles. The second-order valence-corrected chi connectivity index (χ2v) is 3.99. The first-order chi connectivity index (χ1) is 7.65. The van der Waals surface area contributed by atoms with Crippen LogP contribution in [0.15, 0.2) is 47.4 Å².